The molecule has 0 aliphatic carbocycles. The molecule has 1 saturated heterocycles. The molecule has 17 heavy (non-hydrogen) atoms. The van der Waals surface area contributed by atoms with E-state index in [1.54, 1.807) is 0 Å². The van der Waals surface area contributed by atoms with E-state index in [2.05, 4.69) is 15.5 Å². The molecule has 5 heteroatoms. The van der Waals surface area contributed by atoms with Crippen LogP contribution in [-0.4, -0.2) is 60.3 Å². The topological polar surface area (TPSA) is 64.6 Å². The molecule has 1 unspecified atom stereocenters. The van der Waals surface area contributed by atoms with Gasteiger partial charge in [0.25, 0.3) is 0 Å². The Morgan fingerprint density at radius 3 is 2.59 bits per heavy atom. The third kappa shape index (κ3) is 3.94. The third-order valence-corrected chi connectivity index (χ3v) is 3.43. The van der Waals surface area contributed by atoms with Crippen molar-refractivity contribution in [2.24, 2.45) is 0 Å². The van der Waals surface area contributed by atoms with Crippen LogP contribution < -0.4 is 10.6 Å². The summed E-state index contributed by atoms with van der Waals surface area (Å²) in [5.41, 5.74) is -0.504. The van der Waals surface area contributed by atoms with Crippen molar-refractivity contribution in [1.29, 1.82) is 0 Å². The predicted octanol–water partition coefficient (Wildman–Crippen LogP) is -0.443. The van der Waals surface area contributed by atoms with Crippen LogP contribution >= 0.6 is 0 Å². The smallest absolute Gasteiger partial charge is 0.240 e. The molecule has 5 nitrogen and oxygen atoms in total. The van der Waals surface area contributed by atoms with Gasteiger partial charge in [0.15, 0.2) is 0 Å². The lowest BCUT2D eigenvalue weighted by Gasteiger charge is -2.39. The zero-order chi connectivity index (χ0) is 12.9. The lowest BCUT2D eigenvalue weighted by Crippen LogP contribution is -2.60. The highest BCUT2D eigenvalue weighted by Gasteiger charge is 2.34. The molecule has 1 fully saturated rings. The molecule has 0 spiro atoms. The van der Waals surface area contributed by atoms with Crippen molar-refractivity contribution in [3.63, 3.8) is 0 Å². The van der Waals surface area contributed by atoms with Gasteiger partial charge in [0.05, 0.1) is 11.6 Å². The highest BCUT2D eigenvalue weighted by Crippen LogP contribution is 2.15. The highest BCUT2D eigenvalue weighted by molar-refractivity contribution is 5.85. The van der Waals surface area contributed by atoms with Gasteiger partial charge in [0.2, 0.25) is 5.91 Å². The van der Waals surface area contributed by atoms with E-state index in [-0.39, 0.29) is 5.91 Å². The molecule has 0 saturated carbocycles. The fraction of sp³-hybridized carbons (Fsp3) is 0.917. The first kappa shape index (κ1) is 14.4. The Morgan fingerprint density at radius 1 is 1.47 bits per heavy atom. The van der Waals surface area contributed by atoms with Crippen LogP contribution in [0.1, 0.15) is 27.2 Å². The molecule has 1 heterocycles. The Morgan fingerprint density at radius 2 is 2.06 bits per heavy atom. The second kappa shape index (κ2) is 6.33. The number of hydrogen-bond acceptors (Lipinski definition) is 4. The minimum atomic E-state index is -0.504. The van der Waals surface area contributed by atoms with Gasteiger partial charge >= 0.3 is 0 Å². The summed E-state index contributed by atoms with van der Waals surface area (Å²) in [4.78, 5) is 14.3. The van der Waals surface area contributed by atoms with E-state index < -0.39 is 11.6 Å². The van der Waals surface area contributed by atoms with Gasteiger partial charge in [-0.2, -0.15) is 0 Å². The zero-order valence-corrected chi connectivity index (χ0v) is 11.1. The Labute approximate surface area is 104 Å². The number of rotatable bonds is 5. The number of carbonyl (C=O) groups is 1. The molecule has 0 bridgehead atoms. The number of aliphatic hydroxyl groups excluding tert-OH is 1. The Kier molecular flexibility index (Phi) is 5.36. The van der Waals surface area contributed by atoms with Gasteiger partial charge in [-0.3, -0.25) is 9.69 Å². The Hall–Kier alpha value is -0.650. The molecule has 1 amide bonds. The maximum absolute atomic E-state index is 12.1. The summed E-state index contributed by atoms with van der Waals surface area (Å²) >= 11 is 0. The molecular formula is C12H25N3O2. The predicted molar refractivity (Wildman–Crippen MR) is 67.8 cm³/mol. The summed E-state index contributed by atoms with van der Waals surface area (Å²) < 4.78 is 0. The van der Waals surface area contributed by atoms with Crippen LogP contribution in [0.5, 0.6) is 0 Å². The van der Waals surface area contributed by atoms with E-state index in [4.69, 9.17) is 0 Å². The van der Waals surface area contributed by atoms with Crippen LogP contribution in [0, 0.1) is 0 Å². The molecule has 3 N–H and O–H groups in total. The normalized spacial score (nSPS) is 20.0. The first-order valence-electron chi connectivity index (χ1n) is 6.40. The SMILES string of the molecule is CCC(O)CNC(=O)C(C)(C)N1CCNCC1. The summed E-state index contributed by atoms with van der Waals surface area (Å²) in [6.07, 6.45) is 0.215. The van der Waals surface area contributed by atoms with Gasteiger partial charge < -0.3 is 15.7 Å². The van der Waals surface area contributed by atoms with Crippen molar-refractivity contribution in [3.8, 4) is 0 Å². The second-order valence-electron chi connectivity index (χ2n) is 5.07. The number of nitrogens with zero attached hydrogens (tertiary/aromatic N) is 1. The number of piperazine rings is 1. The number of aliphatic hydroxyl groups is 1. The molecule has 0 aromatic carbocycles. The van der Waals surface area contributed by atoms with Crippen LogP contribution in [0.3, 0.4) is 0 Å². The van der Waals surface area contributed by atoms with Gasteiger partial charge in [-0.05, 0) is 20.3 Å². The summed E-state index contributed by atoms with van der Waals surface area (Å²) in [6, 6.07) is 0. The fourth-order valence-corrected chi connectivity index (χ4v) is 1.94. The fourth-order valence-electron chi connectivity index (χ4n) is 1.94. The molecule has 1 aliphatic rings. The molecule has 0 aromatic heterocycles. The Balaban J connectivity index is 2.47. The van der Waals surface area contributed by atoms with Crippen LogP contribution in [-0.2, 0) is 4.79 Å². The molecule has 0 radical (unpaired) electrons. The van der Waals surface area contributed by atoms with Gasteiger partial charge in [0, 0.05) is 32.7 Å². The van der Waals surface area contributed by atoms with Gasteiger partial charge in [0.1, 0.15) is 0 Å². The van der Waals surface area contributed by atoms with Crippen molar-refractivity contribution < 1.29 is 9.90 Å². The monoisotopic (exact) mass is 243 g/mol. The number of carbonyl (C=O) groups excluding carboxylic acids is 1. The number of hydrogen-bond donors (Lipinski definition) is 3. The van der Waals surface area contributed by atoms with E-state index in [1.165, 1.54) is 0 Å². The summed E-state index contributed by atoms with van der Waals surface area (Å²) in [6.45, 7) is 9.73. The molecule has 1 rings (SSSR count). The standard InChI is InChI=1S/C12H25N3O2/c1-4-10(16)9-14-11(17)12(2,3)15-7-5-13-6-8-15/h10,13,16H,4-9H2,1-3H3,(H,14,17). The van der Waals surface area contributed by atoms with Gasteiger partial charge in [-0.15, -0.1) is 0 Å². The van der Waals surface area contributed by atoms with Crippen LogP contribution in [0.25, 0.3) is 0 Å². The molecule has 1 atom stereocenters. The minimum Gasteiger partial charge on any atom is -0.391 e. The Bertz CT molecular complexity index is 250. The van der Waals surface area contributed by atoms with Crippen molar-refractivity contribution in [2.45, 2.75) is 38.8 Å². The van der Waals surface area contributed by atoms with E-state index in [9.17, 15) is 9.90 Å². The van der Waals surface area contributed by atoms with E-state index in [0.29, 0.717) is 13.0 Å². The average Bonchev–Trinajstić information content (AvgIpc) is 2.36. The van der Waals surface area contributed by atoms with Crippen LogP contribution in [0.2, 0.25) is 0 Å². The van der Waals surface area contributed by atoms with E-state index >= 15 is 0 Å². The molecule has 0 aromatic rings. The van der Waals surface area contributed by atoms with Gasteiger partial charge in [-0.1, -0.05) is 6.92 Å². The summed E-state index contributed by atoms with van der Waals surface area (Å²) in [5, 5.41) is 15.5. The largest absolute Gasteiger partial charge is 0.391 e. The minimum absolute atomic E-state index is 0.00750. The zero-order valence-electron chi connectivity index (χ0n) is 11.1. The molecule has 1 aliphatic heterocycles. The van der Waals surface area contributed by atoms with Crippen LogP contribution in [0.4, 0.5) is 0 Å². The van der Waals surface area contributed by atoms with Crippen molar-refractivity contribution in [2.75, 3.05) is 32.7 Å². The molecular weight excluding hydrogens is 218 g/mol. The molecule has 100 valence electrons. The first-order valence-corrected chi connectivity index (χ1v) is 6.40. The van der Waals surface area contributed by atoms with Crippen LogP contribution in [0.15, 0.2) is 0 Å². The van der Waals surface area contributed by atoms with E-state index in [0.717, 1.165) is 26.2 Å². The van der Waals surface area contributed by atoms with Crippen molar-refractivity contribution in [3.05, 3.63) is 0 Å². The van der Waals surface area contributed by atoms with Crippen molar-refractivity contribution in [1.82, 2.24) is 15.5 Å². The first-order chi connectivity index (χ1) is 7.98. The maximum atomic E-state index is 12.1. The number of nitrogens with one attached hydrogen (secondary N) is 2. The van der Waals surface area contributed by atoms with Gasteiger partial charge in [-0.25, -0.2) is 0 Å². The van der Waals surface area contributed by atoms with Crippen molar-refractivity contribution >= 4 is 5.91 Å². The summed E-state index contributed by atoms with van der Waals surface area (Å²) in [5.74, 6) is -0.00750. The lowest BCUT2D eigenvalue weighted by atomic mass is 10.0. The second-order valence-corrected chi connectivity index (χ2v) is 5.07. The quantitative estimate of drug-likeness (QED) is 0.612. The maximum Gasteiger partial charge on any atom is 0.240 e. The highest BCUT2D eigenvalue weighted by atomic mass is 16.3. The number of amides is 1. The van der Waals surface area contributed by atoms with E-state index in [1.807, 2.05) is 20.8 Å². The third-order valence-electron chi connectivity index (χ3n) is 3.43. The average molecular weight is 243 g/mol. The lowest BCUT2D eigenvalue weighted by molar-refractivity contribution is -0.132. The summed E-state index contributed by atoms with van der Waals surface area (Å²) in [7, 11) is 0.